The third-order valence-corrected chi connectivity index (χ3v) is 7.75. The number of nitriles is 1. The molecule has 0 bridgehead atoms. The number of benzene rings is 2. The van der Waals surface area contributed by atoms with Gasteiger partial charge in [-0.25, -0.2) is 9.97 Å². The average Bonchev–Trinajstić information content (AvgIpc) is 3.38. The molecule has 1 N–H and O–H groups in total. The Balaban J connectivity index is 1.22. The third kappa shape index (κ3) is 4.78. The number of rotatable bonds is 7. The van der Waals surface area contributed by atoms with Gasteiger partial charge in [0.25, 0.3) is 0 Å². The second-order valence-electron chi connectivity index (χ2n) is 8.11. The minimum atomic E-state index is 0.585. The lowest BCUT2D eigenvalue weighted by Gasteiger charge is -2.36. The number of hydrogen-bond donors (Lipinski definition) is 1. The van der Waals surface area contributed by atoms with E-state index in [0.29, 0.717) is 11.4 Å². The van der Waals surface area contributed by atoms with Gasteiger partial charge in [0.2, 0.25) is 0 Å². The quantitative estimate of drug-likeness (QED) is 0.287. The van der Waals surface area contributed by atoms with Gasteiger partial charge in [-0.05, 0) is 24.5 Å². The number of nitrogens with one attached hydrogen (secondary N) is 1. The van der Waals surface area contributed by atoms with Gasteiger partial charge in [-0.2, -0.15) is 5.26 Å². The van der Waals surface area contributed by atoms with E-state index in [9.17, 15) is 5.26 Å². The Morgan fingerprint density at radius 2 is 1.76 bits per heavy atom. The minimum absolute atomic E-state index is 0.585. The van der Waals surface area contributed by atoms with Crippen molar-refractivity contribution in [3.05, 3.63) is 66.4 Å². The number of aromatic nitrogens is 3. The summed E-state index contributed by atoms with van der Waals surface area (Å²) in [5.41, 5.74) is 4.05. The van der Waals surface area contributed by atoms with Crippen molar-refractivity contribution < 1.29 is 0 Å². The predicted molar refractivity (Wildman–Crippen MR) is 142 cm³/mol. The normalized spacial score (nSPS) is 14.4. The molecule has 0 atom stereocenters. The highest BCUT2D eigenvalue weighted by Gasteiger charge is 2.20. The van der Waals surface area contributed by atoms with Crippen LogP contribution in [0.5, 0.6) is 0 Å². The Morgan fingerprint density at radius 1 is 0.971 bits per heavy atom. The van der Waals surface area contributed by atoms with Crippen LogP contribution >= 0.6 is 23.5 Å². The van der Waals surface area contributed by atoms with Crippen molar-refractivity contribution in [3.63, 3.8) is 0 Å². The molecule has 3 heterocycles. The van der Waals surface area contributed by atoms with Crippen molar-refractivity contribution in [1.82, 2.24) is 19.9 Å². The van der Waals surface area contributed by atoms with Gasteiger partial charge in [-0.1, -0.05) is 36.4 Å². The number of nitrogens with zero attached hydrogens (tertiary/aromatic N) is 5. The van der Waals surface area contributed by atoms with Crippen LogP contribution in [0.15, 0.2) is 70.8 Å². The summed E-state index contributed by atoms with van der Waals surface area (Å²) in [5, 5.41) is 12.6. The molecule has 34 heavy (non-hydrogen) atoms. The van der Waals surface area contributed by atoms with E-state index in [-0.39, 0.29) is 0 Å². The number of piperazine rings is 1. The summed E-state index contributed by atoms with van der Waals surface area (Å²) in [6, 6.07) is 20.9. The number of thioether (sulfide) groups is 2. The lowest BCUT2D eigenvalue weighted by Crippen LogP contribution is -2.47. The summed E-state index contributed by atoms with van der Waals surface area (Å²) < 4.78 is 0. The van der Waals surface area contributed by atoms with Crippen LogP contribution in [-0.2, 0) is 0 Å². The zero-order valence-electron chi connectivity index (χ0n) is 19.1. The molecule has 0 aliphatic carbocycles. The maximum atomic E-state index is 9.76. The fourth-order valence-electron chi connectivity index (χ4n) is 4.31. The highest BCUT2D eigenvalue weighted by Crippen LogP contribution is 2.31. The summed E-state index contributed by atoms with van der Waals surface area (Å²) in [4.78, 5) is 17.7. The molecule has 4 aromatic rings. The first-order valence-electron chi connectivity index (χ1n) is 11.3. The number of aromatic amines is 1. The Morgan fingerprint density at radius 3 is 2.53 bits per heavy atom. The van der Waals surface area contributed by atoms with Crippen LogP contribution in [0.3, 0.4) is 0 Å². The molecule has 0 amide bonds. The fraction of sp³-hybridized carbons (Fsp3) is 0.269. The van der Waals surface area contributed by atoms with Gasteiger partial charge in [0, 0.05) is 66.8 Å². The average molecular weight is 487 g/mol. The van der Waals surface area contributed by atoms with E-state index in [4.69, 9.17) is 4.98 Å². The van der Waals surface area contributed by atoms with E-state index < -0.39 is 0 Å². The van der Waals surface area contributed by atoms with Crippen LogP contribution < -0.4 is 4.90 Å². The maximum absolute atomic E-state index is 9.76. The number of H-pyrrole nitrogens is 1. The molecule has 8 heteroatoms. The molecule has 0 saturated carbocycles. The van der Waals surface area contributed by atoms with Crippen molar-refractivity contribution in [2.24, 2.45) is 0 Å². The van der Waals surface area contributed by atoms with Gasteiger partial charge in [0.1, 0.15) is 21.7 Å². The van der Waals surface area contributed by atoms with Crippen molar-refractivity contribution in [2.45, 2.75) is 10.1 Å². The van der Waals surface area contributed by atoms with E-state index in [1.807, 2.05) is 42.8 Å². The molecule has 172 valence electrons. The highest BCUT2D eigenvalue weighted by atomic mass is 32.2. The molecule has 0 radical (unpaired) electrons. The zero-order chi connectivity index (χ0) is 23.3. The smallest absolute Gasteiger partial charge is 0.161 e. The second kappa shape index (κ2) is 10.5. The number of hydrogen-bond acceptors (Lipinski definition) is 7. The van der Waals surface area contributed by atoms with Gasteiger partial charge in [0.05, 0.1) is 0 Å². The van der Waals surface area contributed by atoms with Gasteiger partial charge in [-0.3, -0.25) is 4.90 Å². The lowest BCUT2D eigenvalue weighted by atomic mass is 10.2. The SMILES string of the molecule is CSc1nc(-c2ccccc2)nc(SCCN2CCN(c3cccc4[nH]ccc34)CC2)c1C#N. The molecule has 2 aromatic heterocycles. The Kier molecular flexibility index (Phi) is 7.05. The van der Waals surface area contributed by atoms with Gasteiger partial charge in [-0.15, -0.1) is 23.5 Å². The number of fused-ring (bicyclic) bond motifs is 1. The van der Waals surface area contributed by atoms with E-state index in [2.05, 4.69) is 50.1 Å². The molecule has 1 saturated heterocycles. The summed E-state index contributed by atoms with van der Waals surface area (Å²) in [5.74, 6) is 1.57. The molecule has 2 aromatic carbocycles. The first kappa shape index (κ1) is 22.8. The van der Waals surface area contributed by atoms with E-state index in [1.54, 1.807) is 11.8 Å². The molecule has 0 unspecified atom stereocenters. The molecule has 1 fully saturated rings. The van der Waals surface area contributed by atoms with Crippen LogP contribution in [0.2, 0.25) is 0 Å². The standard InChI is InChI=1S/C26H26N6S2/c1-33-25-21(18-27)26(30-24(29-25)19-6-3-2-4-7-19)34-17-16-31-12-14-32(15-13-31)23-9-5-8-22-20(23)10-11-28-22/h2-11,28H,12-17H2,1H3. The summed E-state index contributed by atoms with van der Waals surface area (Å²) in [6.45, 7) is 5.06. The third-order valence-electron chi connectivity index (χ3n) is 6.11. The van der Waals surface area contributed by atoms with Gasteiger partial charge >= 0.3 is 0 Å². The van der Waals surface area contributed by atoms with Crippen LogP contribution in [0.1, 0.15) is 5.56 Å². The van der Waals surface area contributed by atoms with Gasteiger partial charge < -0.3 is 9.88 Å². The second-order valence-corrected chi connectivity index (χ2v) is 9.99. The molecule has 5 rings (SSSR count). The first-order valence-corrected chi connectivity index (χ1v) is 13.6. The Bertz CT molecular complexity index is 1310. The topological polar surface area (TPSA) is 71.8 Å². The Labute approximate surface area is 208 Å². The van der Waals surface area contributed by atoms with Gasteiger partial charge in [0.15, 0.2) is 5.82 Å². The zero-order valence-corrected chi connectivity index (χ0v) is 20.7. The van der Waals surface area contributed by atoms with Crippen LogP contribution in [-0.4, -0.2) is 64.6 Å². The van der Waals surface area contributed by atoms with E-state index in [0.717, 1.165) is 54.1 Å². The lowest BCUT2D eigenvalue weighted by molar-refractivity contribution is 0.273. The van der Waals surface area contributed by atoms with Crippen molar-refractivity contribution in [2.75, 3.05) is 49.6 Å². The maximum Gasteiger partial charge on any atom is 0.161 e. The van der Waals surface area contributed by atoms with Crippen LogP contribution in [0.4, 0.5) is 5.69 Å². The van der Waals surface area contributed by atoms with Crippen LogP contribution in [0, 0.1) is 11.3 Å². The largest absolute Gasteiger partial charge is 0.368 e. The first-order chi connectivity index (χ1) is 16.8. The fourth-order valence-corrected chi connectivity index (χ4v) is 5.88. The van der Waals surface area contributed by atoms with Crippen molar-refractivity contribution in [1.29, 1.82) is 5.26 Å². The van der Waals surface area contributed by atoms with Crippen molar-refractivity contribution >= 4 is 40.1 Å². The van der Waals surface area contributed by atoms with Crippen molar-refractivity contribution in [3.8, 4) is 17.5 Å². The predicted octanol–water partition coefficient (Wildman–Crippen LogP) is 5.13. The van der Waals surface area contributed by atoms with Crippen LogP contribution in [0.25, 0.3) is 22.3 Å². The highest BCUT2D eigenvalue weighted by molar-refractivity contribution is 7.99. The summed E-state index contributed by atoms with van der Waals surface area (Å²) in [6.07, 6.45) is 3.97. The molecular formula is C26H26N6S2. The van der Waals surface area contributed by atoms with E-state index in [1.165, 1.54) is 28.4 Å². The number of anilines is 1. The monoisotopic (exact) mass is 486 g/mol. The molecule has 6 nitrogen and oxygen atoms in total. The summed E-state index contributed by atoms with van der Waals surface area (Å²) >= 11 is 3.16. The van der Waals surface area contributed by atoms with E-state index >= 15 is 0 Å². The molecular weight excluding hydrogens is 460 g/mol. The summed E-state index contributed by atoms with van der Waals surface area (Å²) in [7, 11) is 0. The Hall–Kier alpha value is -2.99. The molecule has 1 aliphatic heterocycles. The minimum Gasteiger partial charge on any atom is -0.368 e. The molecule has 1 aliphatic rings. The molecule has 0 spiro atoms.